The molecule has 0 unspecified atom stereocenters. The Morgan fingerprint density at radius 1 is 0.536 bits per heavy atom. The van der Waals surface area contributed by atoms with Gasteiger partial charge in [-0.25, -0.2) is 0 Å². The molecule has 4 nitrogen and oxygen atoms in total. The summed E-state index contributed by atoms with van der Waals surface area (Å²) in [5.74, 6) is 1.81. The van der Waals surface area contributed by atoms with Gasteiger partial charge in [0.15, 0.2) is 10.8 Å². The van der Waals surface area contributed by atoms with Gasteiger partial charge < -0.3 is 18.9 Å². The van der Waals surface area contributed by atoms with Gasteiger partial charge in [-0.2, -0.15) is 0 Å². The Labute approximate surface area is 187 Å². The maximum absolute atomic E-state index is 6.28. The molecule has 0 aromatic rings. The van der Waals surface area contributed by atoms with Crippen molar-refractivity contribution in [3.05, 3.63) is 0 Å². The zero-order valence-corrected chi connectivity index (χ0v) is 23.8. The van der Waals surface area contributed by atoms with Gasteiger partial charge >= 0.3 is 0 Å². The normalized spacial score (nSPS) is 13.5. The van der Waals surface area contributed by atoms with Crippen LogP contribution in [-0.2, 0) is 18.9 Å². The Bertz CT molecular complexity index is 304. The predicted molar refractivity (Wildman–Crippen MR) is 133 cm³/mol. The van der Waals surface area contributed by atoms with Crippen LogP contribution in [0.4, 0.5) is 0 Å². The van der Waals surface area contributed by atoms with E-state index in [0.717, 1.165) is 63.6 Å². The van der Waals surface area contributed by atoms with Crippen molar-refractivity contribution in [2.24, 2.45) is 0 Å². The second kappa shape index (κ2) is 18.7. The lowest BCUT2D eigenvalue weighted by Crippen LogP contribution is -2.46. The Balaban J connectivity index is 4.88. The fraction of sp³-hybridized carbons (Fsp3) is 1.00. The fourth-order valence-corrected chi connectivity index (χ4v) is 10.6. The van der Waals surface area contributed by atoms with Gasteiger partial charge in [0, 0.05) is 26.4 Å². The molecule has 0 amide bonds. The van der Waals surface area contributed by atoms with Crippen LogP contribution >= 0.6 is 21.6 Å². The molecule has 28 heavy (non-hydrogen) atoms. The van der Waals surface area contributed by atoms with Gasteiger partial charge in [0.05, 0.1) is 30.5 Å². The van der Waals surface area contributed by atoms with E-state index in [-0.39, 0.29) is 10.8 Å². The van der Waals surface area contributed by atoms with Crippen LogP contribution in [0.5, 0.6) is 0 Å². The minimum atomic E-state index is -0.443. The molecular weight excluding hydrogens is 425 g/mol. The summed E-state index contributed by atoms with van der Waals surface area (Å²) in [4.78, 5) is 0. The average Bonchev–Trinajstić information content (AvgIpc) is 2.71. The van der Waals surface area contributed by atoms with Gasteiger partial charge in [-0.3, -0.25) is 0 Å². The molecule has 0 aliphatic heterocycles. The summed E-state index contributed by atoms with van der Waals surface area (Å²) in [6, 6.07) is 2.40. The number of ether oxygens (including phenoxy) is 4. The minimum Gasteiger partial charge on any atom is -0.354 e. The van der Waals surface area contributed by atoms with E-state index < -0.39 is 19.0 Å². The molecule has 0 radical (unpaired) electrons. The smallest absolute Gasteiger partial charge is 0.154 e. The Kier molecular flexibility index (Phi) is 19.4. The van der Waals surface area contributed by atoms with Crippen LogP contribution in [0.3, 0.4) is 0 Å². The Hall–Kier alpha value is 0.974. The summed E-state index contributed by atoms with van der Waals surface area (Å²) in [5, 5.41) is 0. The highest BCUT2D eigenvalue weighted by Crippen LogP contribution is 2.33. The van der Waals surface area contributed by atoms with E-state index in [1.165, 1.54) is 12.1 Å². The number of hydrogen-bond donors (Lipinski definition) is 0. The fourth-order valence-electron chi connectivity index (χ4n) is 2.86. The molecule has 0 rings (SSSR count). The third kappa shape index (κ3) is 12.6. The Morgan fingerprint density at radius 3 is 1.04 bits per heavy atom. The zero-order chi connectivity index (χ0) is 21.1. The summed E-state index contributed by atoms with van der Waals surface area (Å²) >= 11 is 0. The van der Waals surface area contributed by atoms with E-state index in [0.29, 0.717) is 0 Å². The lowest BCUT2D eigenvalue weighted by atomic mass is 10.5. The molecule has 0 heterocycles. The molecule has 0 saturated carbocycles. The Morgan fingerprint density at radius 2 is 0.821 bits per heavy atom. The van der Waals surface area contributed by atoms with E-state index in [2.05, 4.69) is 41.5 Å². The lowest BCUT2D eigenvalue weighted by molar-refractivity contribution is -0.166. The van der Waals surface area contributed by atoms with Crippen molar-refractivity contribution in [2.45, 2.75) is 90.1 Å². The molecule has 0 atom stereocenters. The topological polar surface area (TPSA) is 36.9 Å². The van der Waals surface area contributed by atoms with Crippen LogP contribution in [0, 0.1) is 0 Å². The van der Waals surface area contributed by atoms with E-state index in [4.69, 9.17) is 18.9 Å². The van der Waals surface area contributed by atoms with Crippen molar-refractivity contribution < 1.29 is 18.9 Å². The minimum absolute atomic E-state index is 0.322. The molecule has 0 saturated heterocycles. The average molecular weight is 471 g/mol. The van der Waals surface area contributed by atoms with Crippen LogP contribution < -0.4 is 0 Å². The largest absolute Gasteiger partial charge is 0.354 e. The number of hydrogen-bond acceptors (Lipinski definition) is 6. The maximum atomic E-state index is 6.28. The standard InChI is InChI=1S/C20H46O4S2Si2/c1-7-13-21-19(27-11-5,22-14-8-2)17-25-26-18-20(28-12-6,23-15-9-3)24-16-10-4/h7-18,27-28H2,1-6H3. The van der Waals surface area contributed by atoms with Crippen molar-refractivity contribution in [3.63, 3.8) is 0 Å². The van der Waals surface area contributed by atoms with Gasteiger partial charge in [0.1, 0.15) is 0 Å². The molecule has 0 fully saturated rings. The molecule has 0 aliphatic rings. The highest BCUT2D eigenvalue weighted by Gasteiger charge is 2.34. The van der Waals surface area contributed by atoms with E-state index in [9.17, 15) is 0 Å². The highest BCUT2D eigenvalue weighted by atomic mass is 33.1. The molecular formula is C20H46O4S2Si2. The maximum Gasteiger partial charge on any atom is 0.154 e. The van der Waals surface area contributed by atoms with Gasteiger partial charge in [-0.05, 0) is 25.7 Å². The van der Waals surface area contributed by atoms with Crippen LogP contribution in [0.15, 0.2) is 0 Å². The second-order valence-corrected chi connectivity index (χ2v) is 14.9. The molecule has 0 aromatic carbocycles. The first-order chi connectivity index (χ1) is 13.6. The van der Waals surface area contributed by atoms with E-state index >= 15 is 0 Å². The van der Waals surface area contributed by atoms with Gasteiger partial charge in [0.25, 0.3) is 0 Å². The van der Waals surface area contributed by atoms with Crippen molar-refractivity contribution in [2.75, 3.05) is 37.9 Å². The summed E-state index contributed by atoms with van der Waals surface area (Å²) in [6.45, 7) is 16.3. The lowest BCUT2D eigenvalue weighted by Gasteiger charge is -2.35. The van der Waals surface area contributed by atoms with E-state index in [1.54, 1.807) is 0 Å². The highest BCUT2D eigenvalue weighted by molar-refractivity contribution is 8.76. The molecule has 0 bridgehead atoms. The van der Waals surface area contributed by atoms with Gasteiger partial charge in [-0.15, -0.1) is 0 Å². The van der Waals surface area contributed by atoms with Crippen molar-refractivity contribution in [1.82, 2.24) is 0 Å². The molecule has 0 N–H and O–H groups in total. The van der Waals surface area contributed by atoms with Crippen molar-refractivity contribution >= 4 is 40.6 Å². The second-order valence-electron chi connectivity index (χ2n) is 7.24. The third-order valence-electron chi connectivity index (χ3n) is 4.18. The van der Waals surface area contributed by atoms with Crippen LogP contribution in [-0.4, -0.2) is 67.8 Å². The number of rotatable bonds is 21. The van der Waals surface area contributed by atoms with Crippen molar-refractivity contribution in [1.29, 1.82) is 0 Å². The first-order valence-electron chi connectivity index (χ1n) is 11.4. The summed E-state index contributed by atoms with van der Waals surface area (Å²) < 4.78 is 25.1. The molecule has 0 aliphatic carbocycles. The first-order valence-corrected chi connectivity index (χ1v) is 17.3. The van der Waals surface area contributed by atoms with E-state index in [1.807, 2.05) is 21.6 Å². The predicted octanol–water partition coefficient (Wildman–Crippen LogP) is 4.60. The quantitative estimate of drug-likeness (QED) is 0.106. The monoisotopic (exact) mass is 470 g/mol. The SMILES string of the molecule is CCCOC(CSSCC(OCCC)(OCCC)[SiH2]CC)(OCCC)[SiH2]CC. The molecule has 170 valence electrons. The first kappa shape index (κ1) is 29.0. The van der Waals surface area contributed by atoms with Crippen LogP contribution in [0.1, 0.15) is 67.2 Å². The van der Waals surface area contributed by atoms with Crippen LogP contribution in [0.2, 0.25) is 12.1 Å². The molecule has 8 heteroatoms. The summed E-state index contributed by atoms with van der Waals surface area (Å²) in [7, 11) is 2.88. The van der Waals surface area contributed by atoms with Gasteiger partial charge in [-0.1, -0.05) is 75.2 Å². The van der Waals surface area contributed by atoms with Gasteiger partial charge in [0.2, 0.25) is 0 Å². The zero-order valence-electron chi connectivity index (χ0n) is 19.3. The molecule has 0 aromatic heterocycles. The van der Waals surface area contributed by atoms with Crippen LogP contribution in [0.25, 0.3) is 0 Å². The van der Waals surface area contributed by atoms with Crippen molar-refractivity contribution in [3.8, 4) is 0 Å². The summed E-state index contributed by atoms with van der Waals surface area (Å²) in [5.41, 5.74) is -0.643. The molecule has 0 spiro atoms. The third-order valence-corrected chi connectivity index (χ3v) is 11.2. The summed E-state index contributed by atoms with van der Waals surface area (Å²) in [6.07, 6.45) is 4.14.